The zero-order chi connectivity index (χ0) is 30.5. The fraction of sp³-hybridized carbons (Fsp3) is 0.618. The second-order valence-electron chi connectivity index (χ2n) is 13.8. The van der Waals surface area contributed by atoms with Crippen LogP contribution in [0, 0.1) is 23.7 Å². The number of halogens is 1. The van der Waals surface area contributed by atoms with Crippen LogP contribution in [-0.2, 0) is 21.9 Å². The Morgan fingerprint density at radius 3 is 2.65 bits per heavy atom. The molecule has 2 aliphatic carbocycles. The largest absolute Gasteiger partial charge is 0.490 e. The molecule has 2 heterocycles. The van der Waals surface area contributed by atoms with Crippen molar-refractivity contribution in [3.05, 3.63) is 58.1 Å². The van der Waals surface area contributed by atoms with Crippen LogP contribution >= 0.6 is 11.6 Å². The summed E-state index contributed by atoms with van der Waals surface area (Å²) >= 11 is 6.41. The summed E-state index contributed by atoms with van der Waals surface area (Å²) in [5.74, 6) is 0.968. The minimum atomic E-state index is -3.88. The first-order chi connectivity index (χ1) is 20.5. The normalized spacial score (nSPS) is 33.2. The number of carbonyl (C=O) groups excluding carboxylic acids is 1. The summed E-state index contributed by atoms with van der Waals surface area (Å²) in [6.07, 6.45) is 7.22. The van der Waals surface area contributed by atoms with Gasteiger partial charge in [-0.1, -0.05) is 31.0 Å². The molecule has 2 aromatic rings. The number of amides is 1. The quantitative estimate of drug-likeness (QED) is 0.396. The molecule has 43 heavy (non-hydrogen) atoms. The van der Waals surface area contributed by atoms with Gasteiger partial charge >= 0.3 is 0 Å². The summed E-state index contributed by atoms with van der Waals surface area (Å²) in [6.45, 7) is 7.57. The third-order valence-corrected chi connectivity index (χ3v) is 13.3. The summed E-state index contributed by atoms with van der Waals surface area (Å²) in [7, 11) is -3.88. The van der Waals surface area contributed by atoms with Gasteiger partial charge in [0.25, 0.3) is 5.91 Å². The number of aryl methyl sites for hydroxylation is 1. The molecule has 0 unspecified atom stereocenters. The smallest absolute Gasteiger partial charge is 0.264 e. The molecule has 0 radical (unpaired) electrons. The van der Waals surface area contributed by atoms with Crippen molar-refractivity contribution in [2.24, 2.45) is 23.7 Å². The molecule has 1 amide bonds. The maximum absolute atomic E-state index is 13.4. The van der Waals surface area contributed by atoms with E-state index < -0.39 is 27.3 Å². The molecule has 1 fully saturated rings. The van der Waals surface area contributed by atoms with E-state index in [9.17, 15) is 18.3 Å². The number of hydrogen-bond donors (Lipinski definition) is 2. The summed E-state index contributed by atoms with van der Waals surface area (Å²) < 4.78 is 35.5. The monoisotopic (exact) mass is 628 g/mol. The van der Waals surface area contributed by atoms with E-state index >= 15 is 0 Å². The van der Waals surface area contributed by atoms with E-state index in [0.717, 1.165) is 75.2 Å². The molecular formula is C34H45ClN2O5S. The lowest BCUT2D eigenvalue weighted by atomic mass is 9.64. The van der Waals surface area contributed by atoms with E-state index in [1.54, 1.807) is 13.0 Å². The summed E-state index contributed by atoms with van der Waals surface area (Å²) in [5.41, 5.74) is 3.45. The van der Waals surface area contributed by atoms with Crippen LogP contribution in [0.15, 0.2) is 36.4 Å². The number of carbonyl (C=O) groups is 1. The van der Waals surface area contributed by atoms with Gasteiger partial charge in [-0.25, -0.2) is 13.1 Å². The molecule has 9 heteroatoms. The second-order valence-corrected chi connectivity index (χ2v) is 16.3. The van der Waals surface area contributed by atoms with Crippen molar-refractivity contribution in [1.29, 1.82) is 0 Å². The third-order valence-electron chi connectivity index (χ3n) is 11.1. The van der Waals surface area contributed by atoms with Crippen molar-refractivity contribution in [3.63, 3.8) is 0 Å². The van der Waals surface area contributed by atoms with E-state index in [1.807, 2.05) is 32.0 Å². The zero-order valence-corrected chi connectivity index (χ0v) is 27.1. The van der Waals surface area contributed by atoms with Gasteiger partial charge in [0.2, 0.25) is 10.0 Å². The highest BCUT2D eigenvalue weighted by atomic mass is 35.5. The summed E-state index contributed by atoms with van der Waals surface area (Å²) in [5, 5.41) is 10.9. The maximum Gasteiger partial charge on any atom is 0.264 e. The topological polar surface area (TPSA) is 95.9 Å². The molecule has 4 aliphatic rings. The molecule has 0 aromatic heterocycles. The van der Waals surface area contributed by atoms with E-state index in [2.05, 4.69) is 21.8 Å². The molecule has 1 saturated carbocycles. The van der Waals surface area contributed by atoms with Crippen molar-refractivity contribution in [2.75, 3.05) is 24.6 Å². The Balaban J connectivity index is 1.42. The highest BCUT2D eigenvalue weighted by Gasteiger charge is 2.45. The Morgan fingerprint density at radius 2 is 1.91 bits per heavy atom. The molecule has 2 N–H and O–H groups in total. The average molecular weight is 629 g/mol. The number of aliphatic hydroxyl groups is 1. The number of benzene rings is 2. The van der Waals surface area contributed by atoms with Gasteiger partial charge in [-0.15, -0.1) is 0 Å². The average Bonchev–Trinajstić information content (AvgIpc) is 3.10. The molecule has 1 spiro atoms. The van der Waals surface area contributed by atoms with Crippen LogP contribution < -0.4 is 14.4 Å². The van der Waals surface area contributed by atoms with Gasteiger partial charge in [0, 0.05) is 29.1 Å². The minimum Gasteiger partial charge on any atom is -0.490 e. The SMILES string of the molecule is C[C@H](O)[C@H]1CCC[C@H](C)[C@@H](C)S(=O)(=O)NC(=O)c2ccc3c(c2)N(C[C@@H]2CC[C@H]21)C[C@@]1(CCCc2cc(Cl)ccc21)CO3. The second kappa shape index (κ2) is 11.9. The summed E-state index contributed by atoms with van der Waals surface area (Å²) in [4.78, 5) is 15.8. The minimum absolute atomic E-state index is 0.120. The Kier molecular flexibility index (Phi) is 8.50. The molecule has 2 aromatic carbocycles. The Bertz CT molecular complexity index is 1480. The van der Waals surface area contributed by atoms with E-state index in [1.165, 1.54) is 11.1 Å². The van der Waals surface area contributed by atoms with Crippen LogP contribution in [0.3, 0.4) is 0 Å². The highest BCUT2D eigenvalue weighted by molar-refractivity contribution is 7.90. The van der Waals surface area contributed by atoms with Crippen molar-refractivity contribution in [1.82, 2.24) is 4.72 Å². The zero-order valence-electron chi connectivity index (χ0n) is 25.5. The predicted octanol–water partition coefficient (Wildman–Crippen LogP) is 6.10. The Hall–Kier alpha value is -2.29. The standard InChI is InChI=1S/C34H45ClN2O5S/c1-21-6-4-8-28(22(2)38)29-12-9-26(29)18-37-19-34(15-5-7-24-16-27(35)11-13-30(24)34)20-42-32-14-10-25(17-31(32)37)33(39)36-43(40,41)23(21)3/h10-11,13-14,16-17,21-23,26,28-29,38H,4-9,12,15,18-20H2,1-3H3,(H,36,39)/t21-,22-,23+,26-,28+,29+,34-/m0/s1. The fourth-order valence-electron chi connectivity index (χ4n) is 8.23. The number of fused-ring (bicyclic) bond motifs is 4. The van der Waals surface area contributed by atoms with Crippen molar-refractivity contribution >= 4 is 33.2 Å². The number of anilines is 1. The van der Waals surface area contributed by atoms with Gasteiger partial charge < -0.3 is 14.7 Å². The number of aliphatic hydroxyl groups excluding tert-OH is 1. The van der Waals surface area contributed by atoms with Crippen molar-refractivity contribution in [3.8, 4) is 5.75 Å². The molecule has 0 saturated heterocycles. The van der Waals surface area contributed by atoms with Gasteiger partial charge in [-0.3, -0.25) is 4.79 Å². The summed E-state index contributed by atoms with van der Waals surface area (Å²) in [6, 6.07) is 11.5. The van der Waals surface area contributed by atoms with Gasteiger partial charge in [0.05, 0.1) is 23.6 Å². The first-order valence-electron chi connectivity index (χ1n) is 16.0. The number of sulfonamides is 1. The van der Waals surface area contributed by atoms with E-state index in [0.29, 0.717) is 29.8 Å². The first-order valence-corrected chi connectivity index (χ1v) is 17.9. The molecular weight excluding hydrogens is 584 g/mol. The van der Waals surface area contributed by atoms with Crippen LogP contribution in [-0.4, -0.2) is 50.5 Å². The van der Waals surface area contributed by atoms with E-state index in [4.69, 9.17) is 16.3 Å². The first kappa shape index (κ1) is 30.7. The number of hydrogen-bond acceptors (Lipinski definition) is 6. The lowest BCUT2D eigenvalue weighted by Gasteiger charge is -2.47. The van der Waals surface area contributed by atoms with Gasteiger partial charge in [0.15, 0.2) is 0 Å². The molecule has 7 nitrogen and oxygen atoms in total. The fourth-order valence-corrected chi connectivity index (χ4v) is 9.74. The number of nitrogens with one attached hydrogen (secondary N) is 1. The predicted molar refractivity (Wildman–Crippen MR) is 170 cm³/mol. The number of nitrogens with zero attached hydrogens (tertiary/aromatic N) is 1. The molecule has 6 rings (SSSR count). The van der Waals surface area contributed by atoms with Crippen LogP contribution in [0.5, 0.6) is 5.75 Å². The van der Waals surface area contributed by atoms with Gasteiger partial charge in [0.1, 0.15) is 5.75 Å². The lowest BCUT2D eigenvalue weighted by molar-refractivity contribution is 0.0112. The molecule has 7 atom stereocenters. The highest BCUT2D eigenvalue weighted by Crippen LogP contribution is 2.48. The van der Waals surface area contributed by atoms with Crippen molar-refractivity contribution < 1.29 is 23.1 Å². The van der Waals surface area contributed by atoms with Crippen LogP contribution in [0.25, 0.3) is 0 Å². The van der Waals surface area contributed by atoms with Crippen LogP contribution in [0.4, 0.5) is 5.69 Å². The lowest BCUT2D eigenvalue weighted by Crippen LogP contribution is -2.49. The van der Waals surface area contributed by atoms with Gasteiger partial charge in [-0.05, 0) is 124 Å². The van der Waals surface area contributed by atoms with Gasteiger partial charge in [-0.2, -0.15) is 0 Å². The third kappa shape index (κ3) is 5.91. The molecule has 234 valence electrons. The molecule has 2 aliphatic heterocycles. The van der Waals surface area contributed by atoms with Crippen LogP contribution in [0.2, 0.25) is 5.02 Å². The van der Waals surface area contributed by atoms with E-state index in [-0.39, 0.29) is 17.3 Å². The number of ether oxygens (including phenoxy) is 1. The Morgan fingerprint density at radius 1 is 1.09 bits per heavy atom. The number of rotatable bonds is 1. The van der Waals surface area contributed by atoms with Crippen LogP contribution in [0.1, 0.15) is 87.2 Å². The Labute approximate surface area is 261 Å². The maximum atomic E-state index is 13.4. The van der Waals surface area contributed by atoms with Crippen molar-refractivity contribution in [2.45, 2.75) is 88.9 Å². The molecule has 2 bridgehead atoms.